The monoisotopic (exact) mass is 248 g/mol. The van der Waals surface area contributed by atoms with Crippen LogP contribution in [0.15, 0.2) is 6.33 Å². The molecular weight excluding hydrogens is 224 g/mol. The van der Waals surface area contributed by atoms with E-state index in [-0.39, 0.29) is 0 Å². The molecule has 0 spiro atoms. The van der Waals surface area contributed by atoms with E-state index < -0.39 is 0 Å². The molecular formula is C14H24N4. The van der Waals surface area contributed by atoms with Gasteiger partial charge in [0.25, 0.3) is 0 Å². The first-order valence-corrected chi connectivity index (χ1v) is 7.08. The minimum absolute atomic E-state index is 0.689. The molecule has 0 unspecified atom stereocenters. The lowest BCUT2D eigenvalue weighted by molar-refractivity contribution is 0.836. The molecule has 18 heavy (non-hydrogen) atoms. The second-order valence-corrected chi connectivity index (χ2v) is 5.04. The summed E-state index contributed by atoms with van der Waals surface area (Å²) < 4.78 is 0. The van der Waals surface area contributed by atoms with Crippen molar-refractivity contribution in [3.63, 3.8) is 0 Å². The quantitative estimate of drug-likeness (QED) is 0.805. The molecule has 2 rings (SSSR count). The first-order chi connectivity index (χ1) is 8.77. The van der Waals surface area contributed by atoms with Crippen molar-refractivity contribution in [3.05, 3.63) is 11.9 Å². The summed E-state index contributed by atoms with van der Waals surface area (Å²) in [6.07, 6.45) is 7.56. The SMILES string of the molecule is CCCNc1ncnc(N(C)C2CC2)c1CCC. The number of anilines is 2. The molecule has 1 aliphatic carbocycles. The fourth-order valence-electron chi connectivity index (χ4n) is 2.22. The van der Waals surface area contributed by atoms with E-state index in [0.717, 1.165) is 37.4 Å². The lowest BCUT2D eigenvalue weighted by atomic mass is 10.1. The Morgan fingerprint density at radius 2 is 2.06 bits per heavy atom. The van der Waals surface area contributed by atoms with Gasteiger partial charge in [0.1, 0.15) is 18.0 Å². The molecule has 0 amide bonds. The van der Waals surface area contributed by atoms with Crippen LogP contribution in [-0.2, 0) is 6.42 Å². The highest BCUT2D eigenvalue weighted by molar-refractivity contribution is 5.59. The third-order valence-electron chi connectivity index (χ3n) is 3.39. The molecule has 0 saturated heterocycles. The molecule has 1 aliphatic rings. The molecule has 1 aromatic heterocycles. The van der Waals surface area contributed by atoms with E-state index in [0.29, 0.717) is 6.04 Å². The Morgan fingerprint density at radius 1 is 1.28 bits per heavy atom. The van der Waals surface area contributed by atoms with E-state index in [1.54, 1.807) is 6.33 Å². The third-order valence-corrected chi connectivity index (χ3v) is 3.39. The number of hydrogen-bond donors (Lipinski definition) is 1. The van der Waals surface area contributed by atoms with E-state index in [1.165, 1.54) is 18.4 Å². The molecule has 0 atom stereocenters. The topological polar surface area (TPSA) is 41.1 Å². The van der Waals surface area contributed by atoms with Gasteiger partial charge in [0.15, 0.2) is 0 Å². The van der Waals surface area contributed by atoms with Crippen molar-refractivity contribution in [2.45, 2.75) is 52.0 Å². The Morgan fingerprint density at radius 3 is 2.67 bits per heavy atom. The summed E-state index contributed by atoms with van der Waals surface area (Å²) >= 11 is 0. The molecule has 4 heteroatoms. The van der Waals surface area contributed by atoms with Crippen molar-refractivity contribution < 1.29 is 0 Å². The zero-order chi connectivity index (χ0) is 13.0. The summed E-state index contributed by atoms with van der Waals surface area (Å²) in [6.45, 7) is 5.35. The van der Waals surface area contributed by atoms with E-state index >= 15 is 0 Å². The van der Waals surface area contributed by atoms with Crippen LogP contribution in [-0.4, -0.2) is 29.6 Å². The van der Waals surface area contributed by atoms with Crippen molar-refractivity contribution in [2.75, 3.05) is 23.8 Å². The first-order valence-electron chi connectivity index (χ1n) is 7.08. The average Bonchev–Trinajstić information content (AvgIpc) is 3.21. The molecule has 1 saturated carbocycles. The second kappa shape index (κ2) is 6.03. The van der Waals surface area contributed by atoms with Gasteiger partial charge in [-0.05, 0) is 25.7 Å². The minimum Gasteiger partial charge on any atom is -0.370 e. The van der Waals surface area contributed by atoms with Crippen LogP contribution in [0.25, 0.3) is 0 Å². The highest BCUT2D eigenvalue weighted by Crippen LogP contribution is 2.33. The van der Waals surface area contributed by atoms with Crippen molar-refractivity contribution in [3.8, 4) is 0 Å². The maximum absolute atomic E-state index is 4.50. The van der Waals surface area contributed by atoms with Crippen molar-refractivity contribution in [1.29, 1.82) is 0 Å². The van der Waals surface area contributed by atoms with Crippen molar-refractivity contribution in [1.82, 2.24) is 9.97 Å². The standard InChI is InChI=1S/C14H24N4/c1-4-6-12-13(15-9-5-2)16-10-17-14(12)18(3)11-7-8-11/h10-11H,4-9H2,1-3H3,(H,15,16,17). The van der Waals surface area contributed by atoms with Gasteiger partial charge in [0.2, 0.25) is 0 Å². The largest absolute Gasteiger partial charge is 0.370 e. The van der Waals surface area contributed by atoms with E-state index in [9.17, 15) is 0 Å². The Bertz CT molecular complexity index is 387. The van der Waals surface area contributed by atoms with Crippen molar-refractivity contribution in [2.24, 2.45) is 0 Å². The predicted octanol–water partition coefficient (Wildman–Crippen LogP) is 2.85. The third kappa shape index (κ3) is 2.92. The molecule has 1 N–H and O–H groups in total. The smallest absolute Gasteiger partial charge is 0.137 e. The molecule has 1 heterocycles. The lowest BCUT2D eigenvalue weighted by Crippen LogP contribution is -2.23. The number of rotatable bonds is 7. The van der Waals surface area contributed by atoms with Gasteiger partial charge in [-0.1, -0.05) is 20.3 Å². The zero-order valence-electron chi connectivity index (χ0n) is 11.7. The van der Waals surface area contributed by atoms with E-state index in [4.69, 9.17) is 0 Å². The van der Waals surface area contributed by atoms with Gasteiger partial charge in [-0.25, -0.2) is 9.97 Å². The summed E-state index contributed by atoms with van der Waals surface area (Å²) in [7, 11) is 2.16. The van der Waals surface area contributed by atoms with Crippen LogP contribution < -0.4 is 10.2 Å². The van der Waals surface area contributed by atoms with E-state index in [1.807, 2.05) is 0 Å². The van der Waals surface area contributed by atoms with Crippen LogP contribution >= 0.6 is 0 Å². The predicted molar refractivity (Wildman–Crippen MR) is 76.2 cm³/mol. The fraction of sp³-hybridized carbons (Fsp3) is 0.714. The van der Waals surface area contributed by atoms with Gasteiger partial charge in [-0.15, -0.1) is 0 Å². The van der Waals surface area contributed by atoms with Gasteiger partial charge >= 0.3 is 0 Å². The van der Waals surface area contributed by atoms with Crippen molar-refractivity contribution >= 4 is 11.6 Å². The number of hydrogen-bond acceptors (Lipinski definition) is 4. The van der Waals surface area contributed by atoms with Gasteiger partial charge in [0.05, 0.1) is 0 Å². The lowest BCUT2D eigenvalue weighted by Gasteiger charge is -2.22. The summed E-state index contributed by atoms with van der Waals surface area (Å²) in [6, 6.07) is 0.689. The Balaban J connectivity index is 2.25. The van der Waals surface area contributed by atoms with Crippen LogP contribution in [0.4, 0.5) is 11.6 Å². The molecule has 1 fully saturated rings. The van der Waals surface area contributed by atoms with E-state index in [2.05, 4.69) is 41.1 Å². The number of aromatic nitrogens is 2. The van der Waals surface area contributed by atoms with Gasteiger partial charge in [-0.3, -0.25) is 0 Å². The molecule has 0 bridgehead atoms. The summed E-state index contributed by atoms with van der Waals surface area (Å²) in [5.41, 5.74) is 1.28. The molecule has 0 aromatic carbocycles. The van der Waals surface area contributed by atoms with Gasteiger partial charge in [0, 0.05) is 25.2 Å². The fourth-order valence-corrected chi connectivity index (χ4v) is 2.22. The second-order valence-electron chi connectivity index (χ2n) is 5.04. The first kappa shape index (κ1) is 13.1. The summed E-state index contributed by atoms with van der Waals surface area (Å²) in [4.78, 5) is 11.2. The number of nitrogens with zero attached hydrogens (tertiary/aromatic N) is 3. The molecule has 0 aliphatic heterocycles. The zero-order valence-corrected chi connectivity index (χ0v) is 11.7. The van der Waals surface area contributed by atoms with Crippen LogP contribution in [0.2, 0.25) is 0 Å². The van der Waals surface area contributed by atoms with Crippen LogP contribution in [0, 0.1) is 0 Å². The maximum Gasteiger partial charge on any atom is 0.137 e. The highest BCUT2D eigenvalue weighted by Gasteiger charge is 2.29. The Kier molecular flexibility index (Phi) is 4.39. The molecule has 0 radical (unpaired) electrons. The molecule has 4 nitrogen and oxygen atoms in total. The maximum atomic E-state index is 4.50. The minimum atomic E-state index is 0.689. The molecule has 100 valence electrons. The van der Waals surface area contributed by atoms with Gasteiger partial charge in [-0.2, -0.15) is 0 Å². The molecule has 1 aromatic rings. The summed E-state index contributed by atoms with van der Waals surface area (Å²) in [5, 5.41) is 3.42. The normalized spacial score (nSPS) is 14.6. The summed E-state index contributed by atoms with van der Waals surface area (Å²) in [5.74, 6) is 2.14. The van der Waals surface area contributed by atoms with Gasteiger partial charge < -0.3 is 10.2 Å². The van der Waals surface area contributed by atoms with Crippen LogP contribution in [0.3, 0.4) is 0 Å². The average molecular weight is 248 g/mol. The Labute approximate surface area is 110 Å². The van der Waals surface area contributed by atoms with Crippen LogP contribution in [0.1, 0.15) is 45.1 Å². The Hall–Kier alpha value is -1.32. The number of nitrogens with one attached hydrogen (secondary N) is 1. The highest BCUT2D eigenvalue weighted by atomic mass is 15.2. The van der Waals surface area contributed by atoms with Crippen LogP contribution in [0.5, 0.6) is 0 Å².